The number of fused-ring (bicyclic) bond motifs is 1. The number of nitrogens with zero attached hydrogens (tertiary/aromatic N) is 1. The maximum absolute atomic E-state index is 13.6. The summed E-state index contributed by atoms with van der Waals surface area (Å²) >= 11 is 1.38. The molecule has 0 bridgehead atoms. The van der Waals surface area contributed by atoms with Crippen molar-refractivity contribution in [3.05, 3.63) is 35.0 Å². The van der Waals surface area contributed by atoms with Crippen molar-refractivity contribution in [2.75, 3.05) is 13.1 Å². The summed E-state index contributed by atoms with van der Waals surface area (Å²) in [6.07, 6.45) is 3.35. The van der Waals surface area contributed by atoms with E-state index in [0.29, 0.717) is 10.3 Å². The van der Waals surface area contributed by atoms with Crippen LogP contribution in [0.5, 0.6) is 0 Å². The first kappa shape index (κ1) is 11.7. The molecule has 1 amide bonds. The first-order valence-electron chi connectivity index (χ1n) is 6.23. The molecule has 0 atom stereocenters. The molecule has 1 fully saturated rings. The summed E-state index contributed by atoms with van der Waals surface area (Å²) in [5, 5.41) is 0.558. The van der Waals surface area contributed by atoms with Gasteiger partial charge < -0.3 is 4.90 Å². The van der Waals surface area contributed by atoms with E-state index in [-0.39, 0.29) is 11.7 Å². The van der Waals surface area contributed by atoms with Crippen molar-refractivity contribution in [3.8, 4) is 0 Å². The zero-order chi connectivity index (χ0) is 12.5. The van der Waals surface area contributed by atoms with E-state index in [1.54, 1.807) is 12.1 Å². The van der Waals surface area contributed by atoms with Crippen LogP contribution in [0, 0.1) is 5.82 Å². The zero-order valence-corrected chi connectivity index (χ0v) is 10.8. The van der Waals surface area contributed by atoms with Crippen molar-refractivity contribution in [2.24, 2.45) is 0 Å². The molecule has 2 nitrogen and oxygen atoms in total. The fourth-order valence-electron chi connectivity index (χ4n) is 2.38. The Morgan fingerprint density at radius 3 is 2.72 bits per heavy atom. The summed E-state index contributed by atoms with van der Waals surface area (Å²) in [7, 11) is 0. The van der Waals surface area contributed by atoms with Gasteiger partial charge in [-0.15, -0.1) is 11.3 Å². The third kappa shape index (κ3) is 2.01. The van der Waals surface area contributed by atoms with Crippen LogP contribution in [0.3, 0.4) is 0 Å². The number of carbonyl (C=O) groups excluding carboxylic acids is 1. The number of hydrogen-bond acceptors (Lipinski definition) is 2. The second-order valence-corrected chi connectivity index (χ2v) is 5.70. The van der Waals surface area contributed by atoms with E-state index in [0.717, 1.165) is 30.6 Å². The van der Waals surface area contributed by atoms with E-state index in [2.05, 4.69) is 0 Å². The minimum Gasteiger partial charge on any atom is -0.338 e. The van der Waals surface area contributed by atoms with Crippen molar-refractivity contribution >= 4 is 27.3 Å². The van der Waals surface area contributed by atoms with Crippen LogP contribution in [-0.2, 0) is 0 Å². The molecule has 0 N–H and O–H groups in total. The monoisotopic (exact) mass is 263 g/mol. The average Bonchev–Trinajstić information content (AvgIpc) is 2.84. The molecule has 3 rings (SSSR count). The molecular formula is C14H14FNOS. The van der Waals surface area contributed by atoms with Gasteiger partial charge in [0.25, 0.3) is 5.91 Å². The molecule has 2 heterocycles. The van der Waals surface area contributed by atoms with Crippen molar-refractivity contribution < 1.29 is 9.18 Å². The number of halogens is 1. The van der Waals surface area contributed by atoms with Gasteiger partial charge in [0.15, 0.2) is 0 Å². The Hall–Kier alpha value is -1.42. The molecule has 1 aromatic heterocycles. The summed E-state index contributed by atoms with van der Waals surface area (Å²) in [5.74, 6) is -0.197. The first-order valence-corrected chi connectivity index (χ1v) is 7.05. The third-order valence-corrected chi connectivity index (χ3v) is 4.45. The Balaban J connectivity index is 1.94. The van der Waals surface area contributed by atoms with E-state index in [1.165, 1.54) is 23.8 Å². The Bertz CT molecular complexity index is 586. The zero-order valence-electron chi connectivity index (χ0n) is 9.99. The summed E-state index contributed by atoms with van der Waals surface area (Å²) in [4.78, 5) is 14.8. The number of likely N-dealkylation sites (tertiary alicyclic amines) is 1. The van der Waals surface area contributed by atoms with Crippen molar-refractivity contribution in [3.63, 3.8) is 0 Å². The van der Waals surface area contributed by atoms with Gasteiger partial charge in [-0.05, 0) is 37.5 Å². The van der Waals surface area contributed by atoms with Gasteiger partial charge in [0, 0.05) is 23.2 Å². The second-order valence-electron chi connectivity index (χ2n) is 4.62. The van der Waals surface area contributed by atoms with Crippen LogP contribution in [0.4, 0.5) is 4.39 Å². The van der Waals surface area contributed by atoms with E-state index in [9.17, 15) is 9.18 Å². The lowest BCUT2D eigenvalue weighted by atomic mass is 10.1. The normalized spacial score (nSPS) is 16.2. The summed E-state index contributed by atoms with van der Waals surface area (Å²) in [6, 6.07) is 6.66. The number of rotatable bonds is 1. The first-order chi connectivity index (χ1) is 8.75. The quantitative estimate of drug-likeness (QED) is 0.768. The molecular weight excluding hydrogens is 249 g/mol. The molecule has 0 unspecified atom stereocenters. The largest absolute Gasteiger partial charge is 0.338 e. The molecule has 0 aliphatic carbocycles. The predicted molar refractivity (Wildman–Crippen MR) is 71.5 cm³/mol. The van der Waals surface area contributed by atoms with Crippen LogP contribution in [0.15, 0.2) is 24.3 Å². The smallest absolute Gasteiger partial charge is 0.263 e. The van der Waals surface area contributed by atoms with Gasteiger partial charge in [-0.25, -0.2) is 4.39 Å². The average molecular weight is 263 g/mol. The number of thiophene rings is 1. The molecule has 2 aromatic rings. The van der Waals surface area contributed by atoms with Crippen LogP contribution in [0.1, 0.15) is 28.9 Å². The van der Waals surface area contributed by atoms with Crippen molar-refractivity contribution in [1.82, 2.24) is 4.90 Å². The highest BCUT2D eigenvalue weighted by Crippen LogP contribution is 2.29. The lowest BCUT2D eigenvalue weighted by Crippen LogP contribution is -2.35. The molecule has 0 saturated carbocycles. The molecule has 0 radical (unpaired) electrons. The standard InChI is InChI=1S/C14H14FNOS/c15-11-5-4-6-12-10(11)9-13(18-12)14(17)16-7-2-1-3-8-16/h4-6,9H,1-3,7-8H2. The highest BCUT2D eigenvalue weighted by Gasteiger charge is 2.20. The Labute approximate surface area is 109 Å². The maximum atomic E-state index is 13.6. The molecule has 0 spiro atoms. The van der Waals surface area contributed by atoms with Crippen LogP contribution < -0.4 is 0 Å². The van der Waals surface area contributed by atoms with Crippen LogP contribution in [-0.4, -0.2) is 23.9 Å². The Kier molecular flexibility index (Phi) is 3.04. The molecule has 4 heteroatoms. The van der Waals surface area contributed by atoms with Crippen LogP contribution >= 0.6 is 11.3 Å². The van der Waals surface area contributed by atoms with Crippen LogP contribution in [0.25, 0.3) is 10.1 Å². The van der Waals surface area contributed by atoms with Gasteiger partial charge in [0.05, 0.1) is 4.88 Å². The van der Waals surface area contributed by atoms with Gasteiger partial charge in [0.2, 0.25) is 0 Å². The van der Waals surface area contributed by atoms with Crippen molar-refractivity contribution in [2.45, 2.75) is 19.3 Å². The molecule has 1 aliphatic rings. The fourth-order valence-corrected chi connectivity index (χ4v) is 3.43. The summed E-state index contributed by atoms with van der Waals surface area (Å²) < 4.78 is 14.4. The highest BCUT2D eigenvalue weighted by molar-refractivity contribution is 7.20. The number of piperidine rings is 1. The van der Waals surface area contributed by atoms with Gasteiger partial charge in [-0.3, -0.25) is 4.79 Å². The van der Waals surface area contributed by atoms with E-state index < -0.39 is 0 Å². The second kappa shape index (κ2) is 4.69. The molecule has 18 heavy (non-hydrogen) atoms. The molecule has 94 valence electrons. The maximum Gasteiger partial charge on any atom is 0.263 e. The third-order valence-electron chi connectivity index (χ3n) is 3.36. The number of hydrogen-bond donors (Lipinski definition) is 0. The van der Waals surface area contributed by atoms with E-state index >= 15 is 0 Å². The lowest BCUT2D eigenvalue weighted by Gasteiger charge is -2.26. The van der Waals surface area contributed by atoms with Crippen molar-refractivity contribution in [1.29, 1.82) is 0 Å². The number of amides is 1. The number of carbonyl (C=O) groups is 1. The summed E-state index contributed by atoms with van der Waals surface area (Å²) in [6.45, 7) is 1.66. The van der Waals surface area contributed by atoms with Gasteiger partial charge in [-0.2, -0.15) is 0 Å². The van der Waals surface area contributed by atoms with E-state index in [4.69, 9.17) is 0 Å². The minimum atomic E-state index is -0.249. The Morgan fingerprint density at radius 2 is 2.00 bits per heavy atom. The lowest BCUT2D eigenvalue weighted by molar-refractivity contribution is 0.0729. The SMILES string of the molecule is O=C(c1cc2c(F)cccc2s1)N1CCCCC1. The van der Waals surface area contributed by atoms with Gasteiger partial charge in [-0.1, -0.05) is 6.07 Å². The molecule has 1 aliphatic heterocycles. The molecule has 1 saturated heterocycles. The van der Waals surface area contributed by atoms with Gasteiger partial charge in [0.1, 0.15) is 5.82 Å². The minimum absolute atomic E-state index is 0.0512. The predicted octanol–water partition coefficient (Wildman–Crippen LogP) is 3.67. The molecule has 1 aromatic carbocycles. The van der Waals surface area contributed by atoms with E-state index in [1.807, 2.05) is 11.0 Å². The summed E-state index contributed by atoms with van der Waals surface area (Å²) in [5.41, 5.74) is 0. The van der Waals surface area contributed by atoms with Gasteiger partial charge >= 0.3 is 0 Å². The highest BCUT2D eigenvalue weighted by atomic mass is 32.1. The van der Waals surface area contributed by atoms with Crippen LogP contribution in [0.2, 0.25) is 0 Å². The fraction of sp³-hybridized carbons (Fsp3) is 0.357. The topological polar surface area (TPSA) is 20.3 Å². The number of benzene rings is 1. The Morgan fingerprint density at radius 1 is 1.22 bits per heavy atom.